The van der Waals surface area contributed by atoms with E-state index in [-0.39, 0.29) is 0 Å². The summed E-state index contributed by atoms with van der Waals surface area (Å²) in [4.78, 5) is 0. The molecule has 0 aliphatic heterocycles. The molecule has 0 bridgehead atoms. The van der Waals surface area contributed by atoms with Gasteiger partial charge < -0.3 is 4.74 Å². The van der Waals surface area contributed by atoms with Crippen molar-refractivity contribution in [1.82, 2.24) is 9.59 Å². The van der Waals surface area contributed by atoms with Crippen molar-refractivity contribution < 1.29 is 4.74 Å². The van der Waals surface area contributed by atoms with Gasteiger partial charge in [0.1, 0.15) is 11.4 Å². The summed E-state index contributed by atoms with van der Waals surface area (Å²) in [6, 6.07) is 7.98. The first kappa shape index (κ1) is 11.1. The van der Waals surface area contributed by atoms with E-state index in [0.717, 1.165) is 36.5 Å². The maximum Gasteiger partial charge on any atom is 0.119 e. The summed E-state index contributed by atoms with van der Waals surface area (Å²) >= 11 is 1.36. The fraction of sp³-hybridized carbons (Fsp3) is 0.333. The summed E-state index contributed by atoms with van der Waals surface area (Å²) in [5.74, 6) is 0.917. The monoisotopic (exact) mass is 234 g/mol. The highest BCUT2D eigenvalue weighted by Gasteiger charge is 2.00. The van der Waals surface area contributed by atoms with E-state index in [4.69, 9.17) is 4.74 Å². The van der Waals surface area contributed by atoms with Crippen LogP contribution in [0.25, 0.3) is 11.3 Å². The van der Waals surface area contributed by atoms with E-state index in [1.165, 1.54) is 11.5 Å². The van der Waals surface area contributed by atoms with Crippen LogP contribution >= 0.6 is 11.5 Å². The Morgan fingerprint density at radius 3 is 2.69 bits per heavy atom. The zero-order valence-electron chi connectivity index (χ0n) is 9.22. The highest BCUT2D eigenvalue weighted by molar-refractivity contribution is 7.03. The molecule has 3 nitrogen and oxygen atoms in total. The normalized spacial score (nSPS) is 10.3. The highest BCUT2D eigenvalue weighted by Crippen LogP contribution is 2.21. The van der Waals surface area contributed by atoms with Crippen LogP contribution in [0, 0.1) is 0 Å². The van der Waals surface area contributed by atoms with Gasteiger partial charge in [-0.3, -0.25) is 0 Å². The minimum Gasteiger partial charge on any atom is -0.494 e. The van der Waals surface area contributed by atoms with Crippen LogP contribution in [0.2, 0.25) is 0 Å². The van der Waals surface area contributed by atoms with Crippen molar-refractivity contribution >= 4 is 11.5 Å². The molecule has 4 heteroatoms. The first-order valence-corrected chi connectivity index (χ1v) is 6.24. The van der Waals surface area contributed by atoms with Crippen molar-refractivity contribution in [2.24, 2.45) is 0 Å². The Bertz CT molecular complexity index is 411. The Labute approximate surface area is 99.3 Å². The van der Waals surface area contributed by atoms with Crippen molar-refractivity contribution in [1.29, 1.82) is 0 Å². The maximum atomic E-state index is 5.59. The molecule has 0 N–H and O–H groups in total. The molecule has 0 saturated heterocycles. The predicted molar refractivity (Wildman–Crippen MR) is 65.7 cm³/mol. The standard InChI is InChI=1S/C12H14N2OS/c1-2-3-8-15-11-6-4-10(5-7-11)12-9-16-14-13-12/h4-7,9H,2-3,8H2,1H3. The Morgan fingerprint density at radius 2 is 2.06 bits per heavy atom. The van der Waals surface area contributed by atoms with Gasteiger partial charge in [-0.25, -0.2) is 0 Å². The zero-order chi connectivity index (χ0) is 11.2. The molecule has 2 rings (SSSR count). The second kappa shape index (κ2) is 5.61. The Morgan fingerprint density at radius 1 is 1.25 bits per heavy atom. The fourth-order valence-electron chi connectivity index (χ4n) is 1.35. The molecular formula is C12H14N2OS. The van der Waals surface area contributed by atoms with E-state index < -0.39 is 0 Å². The quantitative estimate of drug-likeness (QED) is 0.744. The van der Waals surface area contributed by atoms with E-state index in [9.17, 15) is 0 Å². The maximum absolute atomic E-state index is 5.59. The summed E-state index contributed by atoms with van der Waals surface area (Å²) in [7, 11) is 0. The molecule has 0 radical (unpaired) electrons. The molecule has 0 amide bonds. The summed E-state index contributed by atoms with van der Waals surface area (Å²) in [6.45, 7) is 2.94. The van der Waals surface area contributed by atoms with Crippen LogP contribution in [0.15, 0.2) is 29.6 Å². The molecule has 0 aliphatic rings. The molecular weight excluding hydrogens is 220 g/mol. The minimum absolute atomic E-state index is 0.786. The third kappa shape index (κ3) is 2.79. The van der Waals surface area contributed by atoms with Crippen LogP contribution in [0.1, 0.15) is 19.8 Å². The van der Waals surface area contributed by atoms with Crippen molar-refractivity contribution in [3.8, 4) is 17.0 Å². The highest BCUT2D eigenvalue weighted by atomic mass is 32.1. The van der Waals surface area contributed by atoms with Gasteiger partial charge in [0.05, 0.1) is 6.61 Å². The van der Waals surface area contributed by atoms with Gasteiger partial charge in [0, 0.05) is 10.9 Å². The van der Waals surface area contributed by atoms with Gasteiger partial charge in [0.25, 0.3) is 0 Å². The summed E-state index contributed by atoms with van der Waals surface area (Å²) in [6.07, 6.45) is 2.25. The molecule has 1 aromatic carbocycles. The van der Waals surface area contributed by atoms with Gasteiger partial charge in [-0.15, -0.1) is 5.10 Å². The van der Waals surface area contributed by atoms with Crippen molar-refractivity contribution in [3.63, 3.8) is 0 Å². The van der Waals surface area contributed by atoms with Gasteiger partial charge in [0.2, 0.25) is 0 Å². The third-order valence-electron chi connectivity index (χ3n) is 2.28. The van der Waals surface area contributed by atoms with Gasteiger partial charge in [-0.05, 0) is 42.2 Å². The number of hydrogen-bond donors (Lipinski definition) is 0. The van der Waals surface area contributed by atoms with E-state index in [2.05, 4.69) is 16.5 Å². The van der Waals surface area contributed by atoms with E-state index in [1.54, 1.807) is 0 Å². The number of hydrogen-bond acceptors (Lipinski definition) is 4. The number of nitrogens with zero attached hydrogens (tertiary/aromatic N) is 2. The smallest absolute Gasteiger partial charge is 0.119 e. The third-order valence-corrected chi connectivity index (χ3v) is 2.78. The lowest BCUT2D eigenvalue weighted by atomic mass is 10.2. The molecule has 16 heavy (non-hydrogen) atoms. The molecule has 0 atom stereocenters. The molecule has 0 spiro atoms. The van der Waals surface area contributed by atoms with Crippen LogP contribution < -0.4 is 4.74 Å². The molecule has 0 aliphatic carbocycles. The van der Waals surface area contributed by atoms with Crippen molar-refractivity contribution in [2.45, 2.75) is 19.8 Å². The van der Waals surface area contributed by atoms with Crippen LogP contribution in [0.5, 0.6) is 5.75 Å². The molecule has 1 heterocycles. The average molecular weight is 234 g/mol. The lowest BCUT2D eigenvalue weighted by molar-refractivity contribution is 0.309. The number of aromatic nitrogens is 2. The van der Waals surface area contributed by atoms with E-state index in [1.807, 2.05) is 29.6 Å². The Kier molecular flexibility index (Phi) is 3.88. The van der Waals surface area contributed by atoms with Gasteiger partial charge in [-0.1, -0.05) is 17.8 Å². The van der Waals surface area contributed by atoms with Crippen molar-refractivity contribution in [2.75, 3.05) is 6.61 Å². The largest absolute Gasteiger partial charge is 0.494 e. The molecule has 0 fully saturated rings. The van der Waals surface area contributed by atoms with E-state index >= 15 is 0 Å². The van der Waals surface area contributed by atoms with Crippen LogP contribution in [-0.2, 0) is 0 Å². The SMILES string of the molecule is CCCCOc1ccc(-c2csnn2)cc1. The molecule has 0 saturated carbocycles. The second-order valence-corrected chi connectivity index (χ2v) is 4.13. The Balaban J connectivity index is 2.00. The van der Waals surface area contributed by atoms with Crippen LogP contribution in [-0.4, -0.2) is 16.2 Å². The summed E-state index contributed by atoms with van der Waals surface area (Å²) in [5, 5.41) is 5.96. The Hall–Kier alpha value is -1.42. The first-order chi connectivity index (χ1) is 7.90. The summed E-state index contributed by atoms with van der Waals surface area (Å²) in [5.41, 5.74) is 2.00. The van der Waals surface area contributed by atoms with Crippen LogP contribution in [0.4, 0.5) is 0 Å². The lowest BCUT2D eigenvalue weighted by Crippen LogP contribution is -1.95. The zero-order valence-corrected chi connectivity index (χ0v) is 10.0. The van der Waals surface area contributed by atoms with Crippen molar-refractivity contribution in [3.05, 3.63) is 29.6 Å². The summed E-state index contributed by atoms with van der Waals surface area (Å²) < 4.78 is 9.43. The molecule has 1 aromatic heterocycles. The fourth-order valence-corrected chi connectivity index (χ4v) is 1.81. The molecule has 0 unspecified atom stereocenters. The topological polar surface area (TPSA) is 35.0 Å². The number of rotatable bonds is 5. The molecule has 84 valence electrons. The van der Waals surface area contributed by atoms with Gasteiger partial charge in [-0.2, -0.15) is 0 Å². The number of unbranched alkanes of at least 4 members (excludes halogenated alkanes) is 1. The number of benzene rings is 1. The minimum atomic E-state index is 0.786. The van der Waals surface area contributed by atoms with Gasteiger partial charge in [0.15, 0.2) is 0 Å². The predicted octanol–water partition coefficient (Wildman–Crippen LogP) is 3.38. The molecule has 2 aromatic rings. The first-order valence-electron chi connectivity index (χ1n) is 5.40. The lowest BCUT2D eigenvalue weighted by Gasteiger charge is -2.05. The average Bonchev–Trinajstić information content (AvgIpc) is 2.84. The van der Waals surface area contributed by atoms with E-state index in [0.29, 0.717) is 0 Å². The second-order valence-electron chi connectivity index (χ2n) is 3.52. The van der Waals surface area contributed by atoms with Crippen LogP contribution in [0.3, 0.4) is 0 Å². The van der Waals surface area contributed by atoms with Gasteiger partial charge >= 0.3 is 0 Å². The number of ether oxygens (including phenoxy) is 1.